The van der Waals surface area contributed by atoms with Crippen LogP contribution in [0.25, 0.3) is 0 Å². The van der Waals surface area contributed by atoms with Crippen molar-refractivity contribution in [1.29, 1.82) is 0 Å². The largest absolute Gasteiger partial charge is 0.338 e. The van der Waals surface area contributed by atoms with Gasteiger partial charge in [0.2, 0.25) is 5.95 Å². The average molecular weight is 337 g/mol. The number of piperazine rings is 1. The number of aromatic nitrogens is 2. The van der Waals surface area contributed by atoms with Gasteiger partial charge in [-0.05, 0) is 24.8 Å². The van der Waals surface area contributed by atoms with Gasteiger partial charge in [-0.3, -0.25) is 4.90 Å². The van der Waals surface area contributed by atoms with Gasteiger partial charge >= 0.3 is 0 Å². The van der Waals surface area contributed by atoms with E-state index in [0.717, 1.165) is 69.2 Å². The van der Waals surface area contributed by atoms with E-state index in [9.17, 15) is 4.91 Å². The molecule has 1 aromatic heterocycles. The van der Waals surface area contributed by atoms with Crippen molar-refractivity contribution in [2.45, 2.75) is 31.8 Å². The van der Waals surface area contributed by atoms with Gasteiger partial charge in [-0.15, -0.1) is 0 Å². The predicted octanol–water partition coefficient (Wildman–Crippen LogP) is 2.94. The Kier molecular flexibility index (Phi) is 4.70. The van der Waals surface area contributed by atoms with E-state index in [0.29, 0.717) is 0 Å². The summed E-state index contributed by atoms with van der Waals surface area (Å²) in [6.07, 6.45) is 4.53. The summed E-state index contributed by atoms with van der Waals surface area (Å²) in [6, 6.07) is 10.3. The Hall–Kier alpha value is -2.34. The maximum Gasteiger partial charge on any atom is 0.225 e. The fourth-order valence-corrected chi connectivity index (χ4v) is 3.72. The number of benzene rings is 1. The SMILES string of the molecule is O=NC1CCCc2nc(N3CCN(Cc4ccccc4)CC3)ncc21. The van der Waals surface area contributed by atoms with Crippen molar-refractivity contribution in [3.05, 3.63) is 58.3 Å². The molecule has 0 bridgehead atoms. The van der Waals surface area contributed by atoms with E-state index < -0.39 is 0 Å². The number of fused-ring (bicyclic) bond motifs is 1. The zero-order valence-corrected chi connectivity index (χ0v) is 14.3. The molecule has 1 fully saturated rings. The predicted molar refractivity (Wildman–Crippen MR) is 97.4 cm³/mol. The molecule has 1 aliphatic carbocycles. The Balaban J connectivity index is 1.40. The number of anilines is 1. The van der Waals surface area contributed by atoms with Gasteiger partial charge in [0.15, 0.2) is 0 Å². The molecule has 1 aliphatic heterocycles. The second-order valence-corrected chi connectivity index (χ2v) is 6.83. The summed E-state index contributed by atoms with van der Waals surface area (Å²) in [7, 11) is 0. The van der Waals surface area contributed by atoms with Gasteiger partial charge in [0.1, 0.15) is 6.04 Å². The van der Waals surface area contributed by atoms with Crippen LogP contribution in [0, 0.1) is 4.91 Å². The molecule has 0 radical (unpaired) electrons. The highest BCUT2D eigenvalue weighted by Crippen LogP contribution is 2.31. The molecule has 130 valence electrons. The molecule has 2 aliphatic rings. The van der Waals surface area contributed by atoms with Gasteiger partial charge in [0, 0.05) is 44.5 Å². The highest BCUT2D eigenvalue weighted by molar-refractivity contribution is 5.36. The lowest BCUT2D eigenvalue weighted by Gasteiger charge is -2.35. The van der Waals surface area contributed by atoms with E-state index >= 15 is 0 Å². The van der Waals surface area contributed by atoms with Crippen LogP contribution in [0.3, 0.4) is 0 Å². The van der Waals surface area contributed by atoms with Gasteiger partial charge in [0.05, 0.1) is 5.69 Å². The minimum Gasteiger partial charge on any atom is -0.338 e. The van der Waals surface area contributed by atoms with Crippen LogP contribution in [0.5, 0.6) is 0 Å². The fourth-order valence-electron chi connectivity index (χ4n) is 3.72. The van der Waals surface area contributed by atoms with Crippen LogP contribution in [-0.2, 0) is 13.0 Å². The van der Waals surface area contributed by atoms with Crippen molar-refractivity contribution in [3.8, 4) is 0 Å². The van der Waals surface area contributed by atoms with Gasteiger partial charge < -0.3 is 4.90 Å². The number of aryl methyl sites for hydroxylation is 1. The Morgan fingerprint density at radius 1 is 1.12 bits per heavy atom. The number of nitrogens with zero attached hydrogens (tertiary/aromatic N) is 5. The van der Waals surface area contributed by atoms with E-state index in [1.165, 1.54) is 5.56 Å². The summed E-state index contributed by atoms with van der Waals surface area (Å²) in [6.45, 7) is 4.87. The fraction of sp³-hybridized carbons (Fsp3) is 0.474. The third kappa shape index (κ3) is 3.54. The molecule has 1 saturated heterocycles. The van der Waals surface area contributed by atoms with E-state index in [4.69, 9.17) is 4.98 Å². The van der Waals surface area contributed by atoms with E-state index in [-0.39, 0.29) is 6.04 Å². The van der Waals surface area contributed by atoms with Gasteiger partial charge in [-0.1, -0.05) is 35.5 Å². The van der Waals surface area contributed by atoms with Crippen LogP contribution in [0.2, 0.25) is 0 Å². The first-order valence-corrected chi connectivity index (χ1v) is 9.03. The molecular weight excluding hydrogens is 314 g/mol. The molecule has 0 spiro atoms. The molecule has 4 rings (SSSR count). The van der Waals surface area contributed by atoms with Crippen LogP contribution in [0.1, 0.15) is 35.7 Å². The number of hydrogen-bond donors (Lipinski definition) is 0. The van der Waals surface area contributed by atoms with Crippen molar-refractivity contribution in [2.75, 3.05) is 31.1 Å². The summed E-state index contributed by atoms with van der Waals surface area (Å²) in [4.78, 5) is 25.0. The molecule has 2 heterocycles. The van der Waals surface area contributed by atoms with Crippen LogP contribution < -0.4 is 4.90 Å². The Labute approximate surface area is 147 Å². The highest BCUT2D eigenvalue weighted by atomic mass is 16.3. The maximum absolute atomic E-state index is 11.0. The van der Waals surface area contributed by atoms with Crippen molar-refractivity contribution in [3.63, 3.8) is 0 Å². The molecule has 25 heavy (non-hydrogen) atoms. The van der Waals surface area contributed by atoms with E-state index in [2.05, 4.69) is 50.3 Å². The van der Waals surface area contributed by atoms with Crippen molar-refractivity contribution < 1.29 is 0 Å². The third-order valence-electron chi connectivity index (χ3n) is 5.17. The number of hydrogen-bond acceptors (Lipinski definition) is 6. The lowest BCUT2D eigenvalue weighted by Crippen LogP contribution is -2.46. The minimum atomic E-state index is -0.263. The zero-order chi connectivity index (χ0) is 17.1. The molecular formula is C19H23N5O. The van der Waals surface area contributed by atoms with E-state index in [1.54, 1.807) is 0 Å². The molecule has 6 nitrogen and oxygen atoms in total. The summed E-state index contributed by atoms with van der Waals surface area (Å²) in [5, 5.41) is 3.23. The second-order valence-electron chi connectivity index (χ2n) is 6.83. The Bertz CT molecular complexity index is 728. The van der Waals surface area contributed by atoms with Gasteiger partial charge in [0.25, 0.3) is 0 Å². The lowest BCUT2D eigenvalue weighted by atomic mass is 9.93. The summed E-state index contributed by atoms with van der Waals surface area (Å²) < 4.78 is 0. The number of rotatable bonds is 4. The molecule has 1 atom stereocenters. The molecule has 2 aromatic rings. The topological polar surface area (TPSA) is 61.7 Å². The summed E-state index contributed by atoms with van der Waals surface area (Å²) in [5.41, 5.74) is 3.29. The smallest absolute Gasteiger partial charge is 0.225 e. The Morgan fingerprint density at radius 2 is 1.92 bits per heavy atom. The van der Waals surface area contributed by atoms with Crippen LogP contribution in [0.4, 0.5) is 5.95 Å². The Morgan fingerprint density at radius 3 is 2.68 bits per heavy atom. The first-order chi connectivity index (χ1) is 12.3. The molecule has 1 unspecified atom stereocenters. The third-order valence-corrected chi connectivity index (χ3v) is 5.17. The van der Waals surface area contributed by atoms with E-state index in [1.807, 2.05) is 6.20 Å². The minimum absolute atomic E-state index is 0.263. The second kappa shape index (κ2) is 7.27. The molecule has 0 saturated carbocycles. The maximum atomic E-state index is 11.0. The van der Waals surface area contributed by atoms with Crippen LogP contribution >= 0.6 is 0 Å². The highest BCUT2D eigenvalue weighted by Gasteiger charge is 2.25. The zero-order valence-electron chi connectivity index (χ0n) is 14.3. The van der Waals surface area contributed by atoms with Crippen LogP contribution in [0.15, 0.2) is 41.7 Å². The molecule has 1 aromatic carbocycles. The quantitative estimate of drug-likeness (QED) is 0.803. The lowest BCUT2D eigenvalue weighted by molar-refractivity contribution is 0.248. The standard InChI is InChI=1S/C19H23N5O/c25-22-18-8-4-7-17-16(18)13-20-19(21-17)24-11-9-23(10-12-24)14-15-5-2-1-3-6-15/h1-3,5-6,13,18H,4,7-12,14H2. The van der Waals surface area contributed by atoms with Crippen molar-refractivity contribution >= 4 is 5.95 Å². The summed E-state index contributed by atoms with van der Waals surface area (Å²) >= 11 is 0. The van der Waals surface area contributed by atoms with Crippen molar-refractivity contribution in [2.24, 2.45) is 5.18 Å². The molecule has 0 amide bonds. The van der Waals surface area contributed by atoms with Gasteiger partial charge in [-0.2, -0.15) is 4.91 Å². The first kappa shape index (κ1) is 16.1. The normalized spacial score (nSPS) is 21.0. The van der Waals surface area contributed by atoms with Crippen molar-refractivity contribution in [1.82, 2.24) is 14.9 Å². The monoisotopic (exact) mass is 337 g/mol. The molecule has 6 heteroatoms. The van der Waals surface area contributed by atoms with Crippen LogP contribution in [-0.4, -0.2) is 41.0 Å². The molecule has 0 N–H and O–H groups in total. The first-order valence-electron chi connectivity index (χ1n) is 9.03. The number of nitroso groups, excluding NO2 is 1. The summed E-state index contributed by atoms with van der Waals surface area (Å²) in [5.74, 6) is 0.796. The average Bonchev–Trinajstić information content (AvgIpc) is 2.68. The van der Waals surface area contributed by atoms with Gasteiger partial charge in [-0.25, -0.2) is 9.97 Å².